The van der Waals surface area contributed by atoms with Crippen LogP contribution in [0.1, 0.15) is 20.7 Å². The summed E-state index contributed by atoms with van der Waals surface area (Å²) in [6.07, 6.45) is 0. The summed E-state index contributed by atoms with van der Waals surface area (Å²) in [5.41, 5.74) is 3.78. The minimum atomic E-state index is -0.382. The zero-order chi connectivity index (χ0) is 18.5. The van der Waals surface area contributed by atoms with Gasteiger partial charge in [0.2, 0.25) is 0 Å². The van der Waals surface area contributed by atoms with Crippen molar-refractivity contribution in [1.82, 2.24) is 15.3 Å². The minimum Gasteiger partial charge on any atom is -0.497 e. The Labute approximate surface area is 151 Å². The Morgan fingerprint density at radius 2 is 1.50 bits per heavy atom. The number of piperazine rings is 1. The number of carbonyl (C=O) groups is 2. The number of methoxy groups -OCH3 is 1. The van der Waals surface area contributed by atoms with Crippen LogP contribution in [-0.2, 0) is 0 Å². The molecule has 0 spiro atoms. The van der Waals surface area contributed by atoms with Gasteiger partial charge in [0, 0.05) is 37.3 Å². The molecule has 6 nitrogen and oxygen atoms in total. The number of benzene rings is 2. The topological polar surface area (TPSA) is 61.9 Å². The van der Waals surface area contributed by atoms with E-state index in [1.54, 1.807) is 41.3 Å². The molecule has 0 saturated carbocycles. The molecule has 0 aliphatic carbocycles. The maximum Gasteiger partial charge on any atom is 0.265 e. The molecular weight excluding hydrogens is 337 g/mol. The van der Waals surface area contributed by atoms with E-state index in [1.807, 2.05) is 0 Å². The number of hydrogen-bond acceptors (Lipinski definition) is 4. The molecule has 1 aliphatic heterocycles. The smallest absolute Gasteiger partial charge is 0.265 e. The first-order valence-electron chi connectivity index (χ1n) is 8.31. The van der Waals surface area contributed by atoms with Crippen molar-refractivity contribution in [1.29, 1.82) is 0 Å². The van der Waals surface area contributed by atoms with Gasteiger partial charge < -0.3 is 9.64 Å². The van der Waals surface area contributed by atoms with E-state index in [0.717, 1.165) is 0 Å². The van der Waals surface area contributed by atoms with Crippen molar-refractivity contribution in [2.45, 2.75) is 0 Å². The Hall–Kier alpha value is -2.93. The van der Waals surface area contributed by atoms with E-state index in [9.17, 15) is 14.0 Å². The molecular formula is C19H20FN3O3. The molecule has 1 saturated heterocycles. The third kappa shape index (κ3) is 4.18. The first-order chi connectivity index (χ1) is 12.6. The van der Waals surface area contributed by atoms with Crippen LogP contribution in [0.2, 0.25) is 0 Å². The fourth-order valence-electron chi connectivity index (χ4n) is 2.75. The lowest BCUT2D eigenvalue weighted by atomic mass is 10.1. The van der Waals surface area contributed by atoms with E-state index >= 15 is 0 Å². The molecule has 0 bridgehead atoms. The minimum absolute atomic E-state index is 0.0443. The number of nitrogens with zero attached hydrogens (tertiary/aromatic N) is 2. The lowest BCUT2D eigenvalue weighted by Gasteiger charge is -2.34. The Bertz CT molecular complexity index is 770. The Balaban J connectivity index is 1.52. The van der Waals surface area contributed by atoms with Gasteiger partial charge in [-0.05, 0) is 48.5 Å². The van der Waals surface area contributed by atoms with E-state index in [4.69, 9.17) is 4.74 Å². The predicted octanol–water partition coefficient (Wildman–Crippen LogP) is 1.94. The van der Waals surface area contributed by atoms with Crippen molar-refractivity contribution in [3.05, 3.63) is 65.5 Å². The number of ether oxygens (including phenoxy) is 1. The second-order valence-corrected chi connectivity index (χ2v) is 5.96. The van der Waals surface area contributed by atoms with Gasteiger partial charge in [-0.1, -0.05) is 0 Å². The molecule has 0 radical (unpaired) electrons. The molecule has 1 N–H and O–H groups in total. The highest BCUT2D eigenvalue weighted by molar-refractivity contribution is 5.95. The quantitative estimate of drug-likeness (QED) is 0.908. The summed E-state index contributed by atoms with van der Waals surface area (Å²) in [5.74, 6) is -0.0146. The summed E-state index contributed by atoms with van der Waals surface area (Å²) >= 11 is 0. The standard InChI is InChI=1S/C19H20FN3O3/c1-26-17-8-4-15(5-9-17)19(25)22-10-12-23(13-11-22)21-18(24)14-2-6-16(20)7-3-14/h2-9H,10-13H2,1H3,(H,21,24). The van der Waals surface area contributed by atoms with Crippen LogP contribution in [0.3, 0.4) is 0 Å². The van der Waals surface area contributed by atoms with Crippen molar-refractivity contribution in [2.75, 3.05) is 33.3 Å². The van der Waals surface area contributed by atoms with Crippen LogP contribution in [-0.4, -0.2) is 55.0 Å². The third-order valence-electron chi connectivity index (χ3n) is 4.27. The van der Waals surface area contributed by atoms with Gasteiger partial charge in [-0.25, -0.2) is 9.40 Å². The number of amides is 2. The molecule has 2 aromatic carbocycles. The fourth-order valence-corrected chi connectivity index (χ4v) is 2.75. The van der Waals surface area contributed by atoms with E-state index in [0.29, 0.717) is 43.1 Å². The van der Waals surface area contributed by atoms with Crippen LogP contribution >= 0.6 is 0 Å². The second kappa shape index (κ2) is 7.97. The highest BCUT2D eigenvalue weighted by Gasteiger charge is 2.23. The summed E-state index contributed by atoms with van der Waals surface area (Å²) in [5, 5.41) is 1.77. The summed E-state index contributed by atoms with van der Waals surface area (Å²) in [4.78, 5) is 26.4. The molecule has 0 unspecified atom stereocenters. The number of nitrogens with one attached hydrogen (secondary N) is 1. The molecule has 1 aliphatic rings. The van der Waals surface area contributed by atoms with Gasteiger partial charge in [0.25, 0.3) is 11.8 Å². The lowest BCUT2D eigenvalue weighted by molar-refractivity contribution is 0.0505. The van der Waals surface area contributed by atoms with Gasteiger partial charge in [0.05, 0.1) is 7.11 Å². The van der Waals surface area contributed by atoms with E-state index in [2.05, 4.69) is 5.43 Å². The molecule has 1 fully saturated rings. The zero-order valence-electron chi connectivity index (χ0n) is 14.4. The van der Waals surface area contributed by atoms with Crippen LogP contribution in [0.25, 0.3) is 0 Å². The number of halogens is 1. The van der Waals surface area contributed by atoms with Crippen LogP contribution in [0.15, 0.2) is 48.5 Å². The van der Waals surface area contributed by atoms with Gasteiger partial charge in [-0.3, -0.25) is 15.0 Å². The van der Waals surface area contributed by atoms with Gasteiger partial charge in [-0.15, -0.1) is 0 Å². The summed E-state index contributed by atoms with van der Waals surface area (Å²) in [6, 6.07) is 12.4. The normalized spacial score (nSPS) is 14.8. The predicted molar refractivity (Wildman–Crippen MR) is 94.3 cm³/mol. The van der Waals surface area contributed by atoms with Gasteiger partial charge in [0.15, 0.2) is 0 Å². The SMILES string of the molecule is COc1ccc(C(=O)N2CCN(NC(=O)c3ccc(F)cc3)CC2)cc1. The first-order valence-corrected chi connectivity index (χ1v) is 8.31. The third-order valence-corrected chi connectivity index (χ3v) is 4.27. The van der Waals surface area contributed by atoms with Crippen LogP contribution in [0.4, 0.5) is 4.39 Å². The van der Waals surface area contributed by atoms with Crippen molar-refractivity contribution in [2.24, 2.45) is 0 Å². The van der Waals surface area contributed by atoms with Gasteiger partial charge in [-0.2, -0.15) is 0 Å². The fraction of sp³-hybridized carbons (Fsp3) is 0.263. The largest absolute Gasteiger partial charge is 0.497 e. The number of carbonyl (C=O) groups excluding carboxylic acids is 2. The van der Waals surface area contributed by atoms with Gasteiger partial charge in [0.1, 0.15) is 11.6 Å². The number of rotatable bonds is 4. The molecule has 26 heavy (non-hydrogen) atoms. The molecule has 1 heterocycles. The van der Waals surface area contributed by atoms with Crippen molar-refractivity contribution in [3.63, 3.8) is 0 Å². The molecule has 0 aromatic heterocycles. The Morgan fingerprint density at radius 1 is 0.923 bits per heavy atom. The average molecular weight is 357 g/mol. The van der Waals surface area contributed by atoms with Crippen LogP contribution in [0, 0.1) is 5.82 Å². The Morgan fingerprint density at radius 3 is 2.08 bits per heavy atom. The molecule has 3 rings (SSSR count). The highest BCUT2D eigenvalue weighted by Crippen LogP contribution is 2.14. The summed E-state index contributed by atoms with van der Waals surface area (Å²) < 4.78 is 18.0. The van der Waals surface area contributed by atoms with E-state index in [-0.39, 0.29) is 17.6 Å². The lowest BCUT2D eigenvalue weighted by Crippen LogP contribution is -2.54. The molecule has 0 atom stereocenters. The zero-order valence-corrected chi connectivity index (χ0v) is 14.4. The Kier molecular flexibility index (Phi) is 5.48. The van der Waals surface area contributed by atoms with Gasteiger partial charge >= 0.3 is 0 Å². The summed E-state index contributed by atoms with van der Waals surface area (Å²) in [6.45, 7) is 2.06. The van der Waals surface area contributed by atoms with Crippen molar-refractivity contribution >= 4 is 11.8 Å². The molecule has 136 valence electrons. The number of hydrogen-bond donors (Lipinski definition) is 1. The molecule has 2 aromatic rings. The van der Waals surface area contributed by atoms with Crippen LogP contribution < -0.4 is 10.2 Å². The maximum absolute atomic E-state index is 12.9. The summed E-state index contributed by atoms with van der Waals surface area (Å²) in [7, 11) is 1.58. The first kappa shape index (κ1) is 17.9. The van der Waals surface area contributed by atoms with Crippen molar-refractivity contribution < 1.29 is 18.7 Å². The monoisotopic (exact) mass is 357 g/mol. The maximum atomic E-state index is 12.9. The highest BCUT2D eigenvalue weighted by atomic mass is 19.1. The molecule has 2 amide bonds. The second-order valence-electron chi connectivity index (χ2n) is 5.96. The molecule has 7 heteroatoms. The van der Waals surface area contributed by atoms with E-state index in [1.165, 1.54) is 24.3 Å². The van der Waals surface area contributed by atoms with Crippen molar-refractivity contribution in [3.8, 4) is 5.75 Å². The number of hydrazine groups is 1. The van der Waals surface area contributed by atoms with Crippen LogP contribution in [0.5, 0.6) is 5.75 Å². The van der Waals surface area contributed by atoms with E-state index < -0.39 is 0 Å². The average Bonchev–Trinajstić information content (AvgIpc) is 2.68.